The molecule has 25 heavy (non-hydrogen) atoms. The molecular formula is C20H30ClNO2S. The van der Waals surface area contributed by atoms with Gasteiger partial charge in [0.15, 0.2) is 0 Å². The lowest BCUT2D eigenvalue weighted by atomic mass is 9.79. The molecule has 1 fully saturated rings. The monoisotopic (exact) mass is 383 g/mol. The minimum atomic E-state index is -0.939. The number of rotatable bonds is 6. The van der Waals surface area contributed by atoms with E-state index in [9.17, 15) is 9.90 Å². The first-order valence-electron chi connectivity index (χ1n) is 9.01. The summed E-state index contributed by atoms with van der Waals surface area (Å²) in [4.78, 5) is 11.2. The average molecular weight is 384 g/mol. The van der Waals surface area contributed by atoms with E-state index in [1.165, 1.54) is 5.56 Å². The predicted molar refractivity (Wildman–Crippen MR) is 107 cm³/mol. The van der Waals surface area contributed by atoms with E-state index in [0.29, 0.717) is 35.3 Å². The Morgan fingerprint density at radius 1 is 1.24 bits per heavy atom. The second-order valence-electron chi connectivity index (χ2n) is 7.81. The molecule has 3 N–H and O–H groups in total. The molecule has 0 bridgehead atoms. The summed E-state index contributed by atoms with van der Waals surface area (Å²) < 4.78 is -0.147. The van der Waals surface area contributed by atoms with Crippen LogP contribution in [-0.2, 0) is 9.54 Å². The second kappa shape index (κ2) is 7.89. The second-order valence-corrected chi connectivity index (χ2v) is 9.55. The van der Waals surface area contributed by atoms with Gasteiger partial charge in [0.1, 0.15) is 6.04 Å². The number of aliphatic carboxylic acids is 1. The summed E-state index contributed by atoms with van der Waals surface area (Å²) in [7, 11) is 0. The summed E-state index contributed by atoms with van der Waals surface area (Å²) in [5, 5.41) is 9.94. The van der Waals surface area contributed by atoms with Gasteiger partial charge in [0.05, 0.1) is 0 Å². The van der Waals surface area contributed by atoms with E-state index in [2.05, 4.69) is 46.8 Å². The molecule has 0 saturated heterocycles. The Bertz CT molecular complexity index is 606. The summed E-state index contributed by atoms with van der Waals surface area (Å²) >= 11 is 7.83. The molecule has 1 aromatic carbocycles. The van der Waals surface area contributed by atoms with Crippen LogP contribution in [0.5, 0.6) is 0 Å². The highest BCUT2D eigenvalue weighted by Crippen LogP contribution is 2.62. The maximum Gasteiger partial charge on any atom is 0.321 e. The standard InChI is InChI=1S/C20H30ClNO2S/c1-11(2)18-12(3)13(4)20(14(18)5,25-10-17(22)19(23)24)15-6-8-16(21)9-7-15/h6-9,11-14,17-18H,10,22H2,1-5H3,(H,23,24). The Morgan fingerprint density at radius 2 is 1.80 bits per heavy atom. The largest absolute Gasteiger partial charge is 0.480 e. The molecule has 0 aromatic heterocycles. The molecule has 1 aliphatic rings. The lowest BCUT2D eigenvalue weighted by Gasteiger charge is -2.40. The van der Waals surface area contributed by atoms with Gasteiger partial charge in [-0.05, 0) is 47.3 Å². The van der Waals surface area contributed by atoms with Crippen molar-refractivity contribution in [3.63, 3.8) is 0 Å². The normalized spacial score (nSPS) is 33.6. The van der Waals surface area contributed by atoms with Gasteiger partial charge in [0.25, 0.3) is 0 Å². The zero-order valence-electron chi connectivity index (χ0n) is 15.7. The fourth-order valence-electron chi connectivity index (χ4n) is 4.95. The molecule has 1 aromatic rings. The van der Waals surface area contributed by atoms with Gasteiger partial charge in [0, 0.05) is 15.5 Å². The van der Waals surface area contributed by atoms with E-state index in [0.717, 1.165) is 5.02 Å². The van der Waals surface area contributed by atoms with Gasteiger partial charge in [-0.25, -0.2) is 0 Å². The predicted octanol–water partition coefficient (Wildman–Crippen LogP) is 4.87. The number of benzene rings is 1. The highest BCUT2D eigenvalue weighted by Gasteiger charge is 2.56. The topological polar surface area (TPSA) is 63.3 Å². The van der Waals surface area contributed by atoms with Crippen molar-refractivity contribution in [2.24, 2.45) is 35.3 Å². The van der Waals surface area contributed by atoms with E-state index >= 15 is 0 Å². The molecule has 2 rings (SSSR count). The molecule has 0 amide bonds. The summed E-state index contributed by atoms with van der Waals surface area (Å²) in [6.45, 7) is 11.5. The van der Waals surface area contributed by atoms with Crippen molar-refractivity contribution < 1.29 is 9.90 Å². The summed E-state index contributed by atoms with van der Waals surface area (Å²) in [6, 6.07) is 7.22. The number of thioether (sulfide) groups is 1. The van der Waals surface area contributed by atoms with Crippen LogP contribution >= 0.6 is 23.4 Å². The Hall–Kier alpha value is -0.710. The lowest BCUT2D eigenvalue weighted by molar-refractivity contribution is -0.137. The maximum atomic E-state index is 11.2. The summed E-state index contributed by atoms with van der Waals surface area (Å²) in [5.74, 6) is 2.02. The number of carboxylic acids is 1. The average Bonchev–Trinajstić information content (AvgIpc) is 2.74. The first-order chi connectivity index (χ1) is 11.6. The van der Waals surface area contributed by atoms with E-state index in [1.54, 1.807) is 11.8 Å². The third-order valence-corrected chi connectivity index (χ3v) is 8.44. The zero-order valence-corrected chi connectivity index (χ0v) is 17.3. The Balaban J connectivity index is 2.48. The third-order valence-electron chi connectivity index (χ3n) is 6.21. The molecule has 0 heterocycles. The van der Waals surface area contributed by atoms with E-state index in [4.69, 9.17) is 17.3 Å². The minimum Gasteiger partial charge on any atom is -0.480 e. The van der Waals surface area contributed by atoms with Crippen LogP contribution in [0.3, 0.4) is 0 Å². The number of nitrogens with two attached hydrogens (primary N) is 1. The molecule has 140 valence electrons. The zero-order chi connectivity index (χ0) is 18.9. The van der Waals surface area contributed by atoms with Crippen molar-refractivity contribution in [2.45, 2.75) is 45.4 Å². The third kappa shape index (κ3) is 3.72. The molecule has 5 heteroatoms. The number of hydrogen-bond acceptors (Lipinski definition) is 3. The molecular weight excluding hydrogens is 354 g/mol. The number of hydrogen-bond donors (Lipinski definition) is 2. The molecule has 6 unspecified atom stereocenters. The van der Waals surface area contributed by atoms with Gasteiger partial charge < -0.3 is 10.8 Å². The number of halogens is 1. The molecule has 1 aliphatic carbocycles. The minimum absolute atomic E-state index is 0.147. The molecule has 0 radical (unpaired) electrons. The number of carbonyl (C=O) groups is 1. The quantitative estimate of drug-likeness (QED) is 0.735. The van der Waals surface area contributed by atoms with Crippen molar-refractivity contribution in [3.8, 4) is 0 Å². The van der Waals surface area contributed by atoms with Gasteiger partial charge in [-0.2, -0.15) is 0 Å². The lowest BCUT2D eigenvalue weighted by Crippen LogP contribution is -2.38. The van der Waals surface area contributed by atoms with Crippen LogP contribution in [0, 0.1) is 29.6 Å². The molecule has 3 nitrogen and oxygen atoms in total. The van der Waals surface area contributed by atoms with E-state index in [-0.39, 0.29) is 4.75 Å². The van der Waals surface area contributed by atoms with Crippen LogP contribution in [0.15, 0.2) is 24.3 Å². The van der Waals surface area contributed by atoms with E-state index < -0.39 is 12.0 Å². The van der Waals surface area contributed by atoms with Crippen LogP contribution in [-0.4, -0.2) is 22.9 Å². The fraction of sp³-hybridized carbons (Fsp3) is 0.650. The summed E-state index contributed by atoms with van der Waals surface area (Å²) in [5.41, 5.74) is 7.07. The first-order valence-corrected chi connectivity index (χ1v) is 10.4. The highest BCUT2D eigenvalue weighted by atomic mass is 35.5. The van der Waals surface area contributed by atoms with Gasteiger partial charge >= 0.3 is 5.97 Å². The first kappa shape index (κ1) is 20.6. The van der Waals surface area contributed by atoms with Crippen LogP contribution < -0.4 is 5.73 Å². The molecule has 0 spiro atoms. The molecule has 1 saturated carbocycles. The smallest absolute Gasteiger partial charge is 0.321 e. The summed E-state index contributed by atoms with van der Waals surface area (Å²) in [6.07, 6.45) is 0. The van der Waals surface area contributed by atoms with Crippen molar-refractivity contribution >= 4 is 29.3 Å². The van der Waals surface area contributed by atoms with Crippen molar-refractivity contribution in [1.29, 1.82) is 0 Å². The SMILES string of the molecule is CC(C)C1C(C)C(C)C(SCC(N)C(=O)O)(c2ccc(Cl)cc2)C1C. The van der Waals surface area contributed by atoms with Crippen LogP contribution in [0.2, 0.25) is 5.02 Å². The highest BCUT2D eigenvalue weighted by molar-refractivity contribution is 8.00. The van der Waals surface area contributed by atoms with Crippen LogP contribution in [0.25, 0.3) is 0 Å². The van der Waals surface area contributed by atoms with Crippen molar-refractivity contribution in [1.82, 2.24) is 0 Å². The van der Waals surface area contributed by atoms with Gasteiger partial charge in [-0.15, -0.1) is 11.8 Å². The van der Waals surface area contributed by atoms with Gasteiger partial charge in [-0.1, -0.05) is 58.4 Å². The van der Waals surface area contributed by atoms with Crippen LogP contribution in [0.1, 0.15) is 40.2 Å². The van der Waals surface area contributed by atoms with Gasteiger partial charge in [-0.3, -0.25) is 4.79 Å². The molecule has 6 atom stereocenters. The van der Waals surface area contributed by atoms with Crippen LogP contribution in [0.4, 0.5) is 0 Å². The molecule has 0 aliphatic heterocycles. The van der Waals surface area contributed by atoms with E-state index in [1.807, 2.05) is 12.1 Å². The fourth-order valence-corrected chi connectivity index (χ4v) is 6.87. The number of carboxylic acid groups (broad SMARTS) is 1. The Morgan fingerprint density at radius 3 is 2.24 bits per heavy atom. The van der Waals surface area contributed by atoms with Crippen molar-refractivity contribution in [2.75, 3.05) is 5.75 Å². The van der Waals surface area contributed by atoms with Gasteiger partial charge in [0.2, 0.25) is 0 Å². The maximum absolute atomic E-state index is 11.2. The Kier molecular flexibility index (Phi) is 6.50. The Labute approximate surface area is 160 Å². The van der Waals surface area contributed by atoms with Crippen molar-refractivity contribution in [3.05, 3.63) is 34.9 Å².